The van der Waals surface area contributed by atoms with Crippen LogP contribution in [0.5, 0.6) is 0 Å². The highest BCUT2D eigenvalue weighted by Gasteiger charge is 2.74. The van der Waals surface area contributed by atoms with Gasteiger partial charge in [0, 0.05) is 35.7 Å². The Kier molecular flexibility index (Phi) is 9.03. The zero-order valence-electron chi connectivity index (χ0n) is 21.0. The molecule has 0 aliphatic carbocycles. The number of unbranched alkanes of at least 4 members (excludes halogenated alkanes) is 2. The number of fused-ring (bicyclic) bond motifs is 1. The minimum atomic E-state index is -0.715. The molecule has 37 heavy (non-hydrogen) atoms. The summed E-state index contributed by atoms with van der Waals surface area (Å²) >= 11 is 7.71. The van der Waals surface area contributed by atoms with Gasteiger partial charge in [0.2, 0.25) is 5.91 Å². The van der Waals surface area contributed by atoms with Crippen LogP contribution >= 0.6 is 23.4 Å². The number of rotatable bonds is 13. The Labute approximate surface area is 227 Å². The van der Waals surface area contributed by atoms with Crippen LogP contribution in [0.1, 0.15) is 38.5 Å². The Balaban J connectivity index is 1.67. The fourth-order valence-electron chi connectivity index (χ4n) is 6.05. The number of halogens is 1. The molecule has 3 heterocycles. The van der Waals surface area contributed by atoms with Crippen LogP contribution in [-0.2, 0) is 19.1 Å². The van der Waals surface area contributed by atoms with Gasteiger partial charge < -0.3 is 19.6 Å². The molecule has 0 aromatic heterocycles. The number of carbonyl (C=O) groups is 3. The van der Waals surface area contributed by atoms with Gasteiger partial charge in [-0.3, -0.25) is 14.4 Å². The number of allylic oxidation sites excluding steroid dienone is 1. The second-order valence-electron chi connectivity index (χ2n) is 9.83. The Bertz CT molecular complexity index is 1030. The predicted octanol–water partition coefficient (Wildman–Crippen LogP) is 4.23. The molecule has 7 nitrogen and oxygen atoms in total. The van der Waals surface area contributed by atoms with E-state index in [1.807, 2.05) is 0 Å². The monoisotopic (exact) mass is 546 g/mol. The lowest BCUT2D eigenvalue weighted by atomic mass is 9.71. The summed E-state index contributed by atoms with van der Waals surface area (Å²) in [6.45, 7) is 8.46. The van der Waals surface area contributed by atoms with Crippen molar-refractivity contribution >= 4 is 46.8 Å². The molecule has 4 rings (SSSR count). The predicted molar refractivity (Wildman–Crippen MR) is 147 cm³/mol. The number of hydrogen-bond acceptors (Lipinski definition) is 6. The molecule has 2 bridgehead atoms. The van der Waals surface area contributed by atoms with Crippen molar-refractivity contribution in [2.24, 2.45) is 11.8 Å². The van der Waals surface area contributed by atoms with Crippen molar-refractivity contribution in [1.82, 2.24) is 4.90 Å². The van der Waals surface area contributed by atoms with E-state index in [2.05, 4.69) is 13.2 Å². The summed E-state index contributed by atoms with van der Waals surface area (Å²) in [7, 11) is 0. The molecule has 3 aliphatic heterocycles. The van der Waals surface area contributed by atoms with Crippen molar-refractivity contribution in [3.63, 3.8) is 0 Å². The van der Waals surface area contributed by atoms with E-state index in [1.54, 1.807) is 58.0 Å². The Morgan fingerprint density at radius 2 is 1.97 bits per heavy atom. The van der Waals surface area contributed by atoms with Crippen molar-refractivity contribution in [2.45, 2.75) is 54.6 Å². The van der Waals surface area contributed by atoms with Crippen LogP contribution < -0.4 is 4.90 Å². The standard InChI is InChI=1S/C28H35ClN2O5S/c1-3-5-8-18-36-27(35)22-21-13-14-28(37-21)23(22)25(33)31(16-6-7-17-32)24(28)26(34)30(15-4-2)20-11-9-19(29)10-12-20/h3-4,9-12,21-24,32H,1-2,5-8,13-18H2/t21-,22+,23-,24?,28?/m0/s1. The van der Waals surface area contributed by atoms with E-state index in [0.717, 1.165) is 12.8 Å². The van der Waals surface area contributed by atoms with E-state index < -0.39 is 22.6 Å². The summed E-state index contributed by atoms with van der Waals surface area (Å²) in [5.41, 5.74) is 0.674. The van der Waals surface area contributed by atoms with Crippen LogP contribution in [0.25, 0.3) is 0 Å². The molecule has 1 spiro atoms. The summed E-state index contributed by atoms with van der Waals surface area (Å²) in [6.07, 6.45) is 7.44. The maximum absolute atomic E-state index is 14.3. The fourth-order valence-corrected chi connectivity index (χ4v) is 8.38. The van der Waals surface area contributed by atoms with Crippen molar-refractivity contribution in [3.05, 3.63) is 54.6 Å². The number of benzene rings is 1. The van der Waals surface area contributed by atoms with Crippen LogP contribution in [-0.4, -0.2) is 70.1 Å². The van der Waals surface area contributed by atoms with Gasteiger partial charge in [0.05, 0.1) is 23.2 Å². The van der Waals surface area contributed by atoms with Gasteiger partial charge in [-0.2, -0.15) is 0 Å². The Hall–Kier alpha value is -2.29. The van der Waals surface area contributed by atoms with Gasteiger partial charge in [-0.25, -0.2) is 0 Å². The zero-order chi connectivity index (χ0) is 26.6. The highest BCUT2D eigenvalue weighted by atomic mass is 35.5. The number of anilines is 1. The van der Waals surface area contributed by atoms with Crippen LogP contribution in [0, 0.1) is 11.8 Å². The molecule has 2 unspecified atom stereocenters. The van der Waals surface area contributed by atoms with Gasteiger partial charge in [-0.15, -0.1) is 24.9 Å². The van der Waals surface area contributed by atoms with Gasteiger partial charge in [0.15, 0.2) is 0 Å². The number of aliphatic hydroxyl groups is 1. The molecular formula is C28H35ClN2O5S. The second kappa shape index (κ2) is 12.0. The summed E-state index contributed by atoms with van der Waals surface area (Å²) in [5.74, 6) is -1.84. The second-order valence-corrected chi connectivity index (χ2v) is 11.9. The first-order valence-corrected chi connectivity index (χ1v) is 14.2. The average molecular weight is 547 g/mol. The quantitative estimate of drug-likeness (QED) is 0.226. The van der Waals surface area contributed by atoms with Crippen molar-refractivity contribution in [3.8, 4) is 0 Å². The first-order chi connectivity index (χ1) is 17.9. The summed E-state index contributed by atoms with van der Waals surface area (Å²) in [5, 5.41) is 9.86. The van der Waals surface area contributed by atoms with Crippen molar-refractivity contribution in [2.75, 3.05) is 31.2 Å². The lowest BCUT2D eigenvalue weighted by Crippen LogP contribution is -2.55. The van der Waals surface area contributed by atoms with Crippen molar-refractivity contribution < 1.29 is 24.2 Å². The summed E-state index contributed by atoms with van der Waals surface area (Å²) < 4.78 is 4.92. The topological polar surface area (TPSA) is 87.2 Å². The Morgan fingerprint density at radius 3 is 2.65 bits per heavy atom. The molecule has 3 aliphatic rings. The molecule has 0 radical (unpaired) electrons. The van der Waals surface area contributed by atoms with E-state index in [-0.39, 0.29) is 36.2 Å². The number of likely N-dealkylation sites (tertiary alicyclic amines) is 1. The third-order valence-electron chi connectivity index (χ3n) is 7.63. The molecule has 2 amide bonds. The maximum Gasteiger partial charge on any atom is 0.310 e. The number of nitrogens with zero attached hydrogens (tertiary/aromatic N) is 2. The minimum absolute atomic E-state index is 0.0130. The summed E-state index contributed by atoms with van der Waals surface area (Å²) in [6, 6.07) is 6.32. The molecule has 1 aromatic rings. The van der Waals surface area contributed by atoms with Gasteiger partial charge in [-0.1, -0.05) is 23.8 Å². The molecular weight excluding hydrogens is 512 g/mol. The van der Waals surface area contributed by atoms with E-state index in [1.165, 1.54) is 0 Å². The molecule has 1 N–H and O–H groups in total. The molecule has 3 saturated heterocycles. The largest absolute Gasteiger partial charge is 0.465 e. The minimum Gasteiger partial charge on any atom is -0.465 e. The molecule has 3 fully saturated rings. The van der Waals surface area contributed by atoms with E-state index >= 15 is 0 Å². The third kappa shape index (κ3) is 5.20. The number of hydrogen-bond donors (Lipinski definition) is 1. The fraction of sp³-hybridized carbons (Fsp3) is 0.536. The molecule has 200 valence electrons. The van der Waals surface area contributed by atoms with E-state index in [4.69, 9.17) is 16.3 Å². The van der Waals surface area contributed by atoms with Crippen LogP contribution in [0.4, 0.5) is 5.69 Å². The number of ether oxygens (including phenoxy) is 1. The van der Waals surface area contributed by atoms with Gasteiger partial charge in [0.1, 0.15) is 6.04 Å². The SMILES string of the molecule is C=CCCCOC(=O)[C@@H]1[C@@H]2CCC3(S2)C(C(=O)N(CC=C)c2ccc(Cl)cc2)N(CCCCO)C(=O)[C@H]13. The first-order valence-electron chi connectivity index (χ1n) is 12.9. The van der Waals surface area contributed by atoms with Crippen LogP contribution in [0.15, 0.2) is 49.6 Å². The maximum atomic E-state index is 14.3. The molecule has 1 aromatic carbocycles. The Morgan fingerprint density at radius 1 is 1.22 bits per heavy atom. The highest BCUT2D eigenvalue weighted by Crippen LogP contribution is 2.66. The zero-order valence-corrected chi connectivity index (χ0v) is 22.6. The first kappa shape index (κ1) is 27.7. The summed E-state index contributed by atoms with van der Waals surface area (Å²) in [4.78, 5) is 44.8. The van der Waals surface area contributed by atoms with Crippen LogP contribution in [0.3, 0.4) is 0 Å². The normalized spacial score (nSPS) is 27.7. The lowest BCUT2D eigenvalue weighted by molar-refractivity contribution is -0.154. The van der Waals surface area contributed by atoms with E-state index in [0.29, 0.717) is 49.5 Å². The van der Waals surface area contributed by atoms with Crippen molar-refractivity contribution in [1.29, 1.82) is 0 Å². The number of thioether (sulfide) groups is 1. The number of aliphatic hydroxyl groups excluding tert-OH is 1. The molecule has 0 saturated carbocycles. The smallest absolute Gasteiger partial charge is 0.310 e. The third-order valence-corrected chi connectivity index (χ3v) is 9.83. The van der Waals surface area contributed by atoms with Gasteiger partial charge >= 0.3 is 5.97 Å². The highest BCUT2D eigenvalue weighted by molar-refractivity contribution is 8.02. The lowest BCUT2D eigenvalue weighted by Gasteiger charge is -2.37. The number of carbonyl (C=O) groups excluding carboxylic acids is 3. The number of amides is 2. The molecule has 9 heteroatoms. The van der Waals surface area contributed by atoms with Crippen LogP contribution in [0.2, 0.25) is 5.02 Å². The van der Waals surface area contributed by atoms with E-state index in [9.17, 15) is 19.5 Å². The number of esters is 1. The van der Waals surface area contributed by atoms with Gasteiger partial charge in [0.25, 0.3) is 5.91 Å². The average Bonchev–Trinajstić information content (AvgIpc) is 3.53. The van der Waals surface area contributed by atoms with Gasteiger partial charge in [-0.05, 0) is 62.8 Å². The molecule has 5 atom stereocenters.